The molecule has 0 aromatic carbocycles. The maximum atomic E-state index is 4.08. The quantitative estimate of drug-likeness (QED) is 0.779. The molecule has 1 atom stereocenters. The summed E-state index contributed by atoms with van der Waals surface area (Å²) in [5.74, 6) is 1.13. The van der Waals surface area contributed by atoms with Crippen molar-refractivity contribution in [3.8, 4) is 0 Å². The minimum Gasteiger partial charge on any atom is -0.313 e. The van der Waals surface area contributed by atoms with E-state index in [-0.39, 0.29) is 0 Å². The highest BCUT2D eigenvalue weighted by atomic mass is 32.2. The van der Waals surface area contributed by atoms with E-state index < -0.39 is 0 Å². The lowest BCUT2D eigenvalue weighted by molar-refractivity contribution is 0.674. The Morgan fingerprint density at radius 1 is 1.62 bits per heavy atom. The molecular formula is C8H13N3S2. The Labute approximate surface area is 86.3 Å². The summed E-state index contributed by atoms with van der Waals surface area (Å²) in [6.07, 6.45) is 2.63. The number of hydrogen-bond donors (Lipinski definition) is 1. The molecular weight excluding hydrogens is 202 g/mol. The molecule has 3 nitrogen and oxygen atoms in total. The van der Waals surface area contributed by atoms with Crippen LogP contribution < -0.4 is 5.32 Å². The van der Waals surface area contributed by atoms with Gasteiger partial charge in [-0.1, -0.05) is 23.1 Å². The fourth-order valence-electron chi connectivity index (χ4n) is 1.41. The fourth-order valence-corrected chi connectivity index (χ4v) is 3.35. The molecule has 2 rings (SSSR count). The number of nitrogens with zero attached hydrogens (tertiary/aromatic N) is 2. The van der Waals surface area contributed by atoms with Crippen molar-refractivity contribution in [2.45, 2.75) is 30.1 Å². The van der Waals surface area contributed by atoms with Crippen LogP contribution in [0.2, 0.25) is 0 Å². The smallest absolute Gasteiger partial charge is 0.174 e. The third kappa shape index (κ3) is 2.65. The first-order valence-corrected chi connectivity index (χ1v) is 6.31. The molecule has 13 heavy (non-hydrogen) atoms. The summed E-state index contributed by atoms with van der Waals surface area (Å²) in [7, 11) is 0. The second kappa shape index (κ2) is 4.39. The maximum absolute atomic E-state index is 4.08. The van der Waals surface area contributed by atoms with Gasteiger partial charge in [-0.05, 0) is 26.3 Å². The third-order valence-electron chi connectivity index (χ3n) is 2.08. The molecule has 1 fully saturated rings. The van der Waals surface area contributed by atoms with Crippen molar-refractivity contribution < 1.29 is 0 Å². The molecule has 1 saturated heterocycles. The van der Waals surface area contributed by atoms with Crippen LogP contribution in [0, 0.1) is 6.92 Å². The lowest BCUT2D eigenvalue weighted by Gasteiger charge is -2.06. The van der Waals surface area contributed by atoms with Crippen LogP contribution in [-0.4, -0.2) is 28.5 Å². The Kier molecular flexibility index (Phi) is 3.18. The normalized spacial score (nSPS) is 22.4. The molecule has 1 aliphatic rings. The van der Waals surface area contributed by atoms with Gasteiger partial charge in [0.2, 0.25) is 0 Å². The van der Waals surface area contributed by atoms with Gasteiger partial charge in [0.25, 0.3) is 0 Å². The molecule has 1 aromatic rings. The largest absolute Gasteiger partial charge is 0.313 e. The van der Waals surface area contributed by atoms with Crippen molar-refractivity contribution >= 4 is 23.1 Å². The fraction of sp³-hybridized carbons (Fsp3) is 0.750. The van der Waals surface area contributed by atoms with Gasteiger partial charge >= 0.3 is 0 Å². The van der Waals surface area contributed by atoms with E-state index in [0.717, 1.165) is 15.1 Å². The van der Waals surface area contributed by atoms with E-state index in [0.29, 0.717) is 6.04 Å². The number of nitrogens with one attached hydrogen (secondary N) is 1. The molecule has 2 heterocycles. The summed E-state index contributed by atoms with van der Waals surface area (Å²) in [5.41, 5.74) is 0. The molecule has 0 bridgehead atoms. The Balaban J connectivity index is 1.78. The second-order valence-electron chi connectivity index (χ2n) is 3.19. The monoisotopic (exact) mass is 215 g/mol. The molecule has 0 amide bonds. The second-order valence-corrected chi connectivity index (χ2v) is 5.64. The first-order valence-electron chi connectivity index (χ1n) is 4.51. The summed E-state index contributed by atoms with van der Waals surface area (Å²) in [6.45, 7) is 3.18. The number of rotatable bonds is 3. The molecule has 5 heteroatoms. The standard InChI is InChI=1S/C8H13N3S2/c1-6-10-11-8(13-6)12-5-7-3-2-4-9-7/h7,9H,2-5H2,1H3/t7-/m1/s1. The number of hydrogen-bond acceptors (Lipinski definition) is 5. The molecule has 0 radical (unpaired) electrons. The number of thioether (sulfide) groups is 1. The van der Waals surface area contributed by atoms with Gasteiger partial charge in [0.05, 0.1) is 0 Å². The summed E-state index contributed by atoms with van der Waals surface area (Å²) in [5, 5.41) is 12.6. The van der Waals surface area contributed by atoms with E-state index in [2.05, 4.69) is 15.5 Å². The molecule has 0 aliphatic carbocycles. The maximum Gasteiger partial charge on any atom is 0.174 e. The van der Waals surface area contributed by atoms with Crippen LogP contribution in [0.25, 0.3) is 0 Å². The average Bonchev–Trinajstić information content (AvgIpc) is 2.71. The summed E-state index contributed by atoms with van der Waals surface area (Å²) < 4.78 is 1.10. The lowest BCUT2D eigenvalue weighted by Crippen LogP contribution is -2.23. The summed E-state index contributed by atoms with van der Waals surface area (Å²) >= 11 is 3.50. The molecule has 1 aliphatic heterocycles. The van der Waals surface area contributed by atoms with Crippen LogP contribution in [0.3, 0.4) is 0 Å². The van der Waals surface area contributed by atoms with Gasteiger partial charge in [-0.3, -0.25) is 0 Å². The van der Waals surface area contributed by atoms with Gasteiger partial charge in [0, 0.05) is 11.8 Å². The Hall–Kier alpha value is -0.130. The van der Waals surface area contributed by atoms with E-state index in [1.54, 1.807) is 11.3 Å². The van der Waals surface area contributed by atoms with Crippen LogP contribution in [0.1, 0.15) is 17.8 Å². The lowest BCUT2D eigenvalue weighted by atomic mass is 10.3. The van der Waals surface area contributed by atoms with E-state index in [4.69, 9.17) is 0 Å². The molecule has 72 valence electrons. The Bertz CT molecular complexity index is 268. The highest BCUT2D eigenvalue weighted by molar-refractivity contribution is 8.01. The predicted octanol–water partition coefficient (Wildman–Crippen LogP) is 1.69. The third-order valence-corrected chi connectivity index (χ3v) is 4.21. The van der Waals surface area contributed by atoms with Gasteiger partial charge in [-0.25, -0.2) is 0 Å². The van der Waals surface area contributed by atoms with Crippen LogP contribution in [0.15, 0.2) is 4.34 Å². The molecule has 0 spiro atoms. The molecule has 0 saturated carbocycles. The van der Waals surface area contributed by atoms with E-state index in [1.165, 1.54) is 19.4 Å². The van der Waals surface area contributed by atoms with Gasteiger partial charge < -0.3 is 5.32 Å². The summed E-state index contributed by atoms with van der Waals surface area (Å²) in [6, 6.07) is 0.689. The van der Waals surface area contributed by atoms with Crippen molar-refractivity contribution in [3.63, 3.8) is 0 Å². The van der Waals surface area contributed by atoms with Crippen molar-refractivity contribution in [2.24, 2.45) is 0 Å². The van der Waals surface area contributed by atoms with Crippen LogP contribution >= 0.6 is 23.1 Å². The zero-order chi connectivity index (χ0) is 9.10. The zero-order valence-electron chi connectivity index (χ0n) is 7.62. The van der Waals surface area contributed by atoms with Gasteiger partial charge in [-0.2, -0.15) is 0 Å². The van der Waals surface area contributed by atoms with Crippen LogP contribution in [-0.2, 0) is 0 Å². The van der Waals surface area contributed by atoms with Gasteiger partial charge in [0.15, 0.2) is 4.34 Å². The first kappa shape index (κ1) is 9.43. The van der Waals surface area contributed by atoms with Gasteiger partial charge in [-0.15, -0.1) is 10.2 Å². The average molecular weight is 215 g/mol. The molecule has 1 N–H and O–H groups in total. The Morgan fingerprint density at radius 2 is 2.54 bits per heavy atom. The minimum atomic E-state index is 0.689. The van der Waals surface area contributed by atoms with E-state index in [1.807, 2.05) is 18.7 Å². The van der Waals surface area contributed by atoms with Crippen LogP contribution in [0.5, 0.6) is 0 Å². The van der Waals surface area contributed by atoms with E-state index in [9.17, 15) is 0 Å². The number of aromatic nitrogens is 2. The van der Waals surface area contributed by atoms with Crippen molar-refractivity contribution in [2.75, 3.05) is 12.3 Å². The molecule has 0 unspecified atom stereocenters. The predicted molar refractivity (Wildman–Crippen MR) is 56.4 cm³/mol. The highest BCUT2D eigenvalue weighted by Gasteiger charge is 2.14. The first-order chi connectivity index (χ1) is 6.34. The Morgan fingerprint density at radius 3 is 3.15 bits per heavy atom. The number of aryl methyl sites for hydroxylation is 1. The van der Waals surface area contributed by atoms with Crippen molar-refractivity contribution in [1.82, 2.24) is 15.5 Å². The van der Waals surface area contributed by atoms with Crippen LogP contribution in [0.4, 0.5) is 0 Å². The highest BCUT2D eigenvalue weighted by Crippen LogP contribution is 2.24. The SMILES string of the molecule is Cc1nnc(SC[C@H]2CCCN2)s1. The van der Waals surface area contributed by atoms with Crippen molar-refractivity contribution in [1.29, 1.82) is 0 Å². The zero-order valence-corrected chi connectivity index (χ0v) is 9.25. The van der Waals surface area contributed by atoms with Gasteiger partial charge in [0.1, 0.15) is 5.01 Å². The van der Waals surface area contributed by atoms with E-state index >= 15 is 0 Å². The topological polar surface area (TPSA) is 37.8 Å². The minimum absolute atomic E-state index is 0.689. The molecule has 1 aromatic heterocycles. The summed E-state index contributed by atoms with van der Waals surface area (Å²) in [4.78, 5) is 0. The van der Waals surface area contributed by atoms with Crippen molar-refractivity contribution in [3.05, 3.63) is 5.01 Å².